The lowest BCUT2D eigenvalue weighted by atomic mass is 10.2. The summed E-state index contributed by atoms with van der Waals surface area (Å²) in [5.41, 5.74) is 0.486. The number of anilines is 1. The van der Waals surface area contributed by atoms with Crippen molar-refractivity contribution < 1.29 is 18.3 Å². The Morgan fingerprint density at radius 2 is 2.04 bits per heavy atom. The van der Waals surface area contributed by atoms with Crippen molar-refractivity contribution in [2.75, 3.05) is 11.9 Å². The number of hydrogen-bond donors (Lipinski definition) is 1. The van der Waals surface area contributed by atoms with Gasteiger partial charge in [0.1, 0.15) is 17.1 Å². The zero-order valence-electron chi connectivity index (χ0n) is 12.0. The van der Waals surface area contributed by atoms with E-state index in [1.165, 1.54) is 0 Å². The maximum Gasteiger partial charge on any atom is 0.264 e. The molecule has 0 aliphatic carbocycles. The van der Waals surface area contributed by atoms with Crippen LogP contribution in [0.4, 0.5) is 13.9 Å². The van der Waals surface area contributed by atoms with Gasteiger partial charge in [-0.25, -0.2) is 13.8 Å². The van der Waals surface area contributed by atoms with Crippen molar-refractivity contribution in [1.82, 2.24) is 4.98 Å². The monoisotopic (exact) mass is 345 g/mol. The van der Waals surface area contributed by atoms with Crippen LogP contribution in [0, 0.1) is 23.0 Å². The smallest absolute Gasteiger partial charge is 0.264 e. The van der Waals surface area contributed by atoms with Crippen molar-refractivity contribution in [1.29, 1.82) is 5.26 Å². The summed E-state index contributed by atoms with van der Waals surface area (Å²) in [7, 11) is 0. The van der Waals surface area contributed by atoms with E-state index in [1.807, 2.05) is 6.07 Å². The fourth-order valence-corrected chi connectivity index (χ4v) is 2.86. The van der Waals surface area contributed by atoms with E-state index in [1.54, 1.807) is 24.3 Å². The van der Waals surface area contributed by atoms with Crippen LogP contribution in [0.5, 0.6) is 5.75 Å². The third-order valence-electron chi connectivity index (χ3n) is 3.01. The first-order valence-corrected chi connectivity index (χ1v) is 7.55. The largest absolute Gasteiger partial charge is 0.484 e. The van der Waals surface area contributed by atoms with Crippen LogP contribution in [0.25, 0.3) is 10.2 Å². The third kappa shape index (κ3) is 3.47. The molecule has 0 spiro atoms. The summed E-state index contributed by atoms with van der Waals surface area (Å²) in [6.07, 6.45) is 0. The highest BCUT2D eigenvalue weighted by Crippen LogP contribution is 2.28. The van der Waals surface area contributed by atoms with E-state index >= 15 is 0 Å². The van der Waals surface area contributed by atoms with E-state index in [0.717, 1.165) is 23.5 Å². The van der Waals surface area contributed by atoms with Crippen LogP contribution in [0.15, 0.2) is 36.4 Å². The van der Waals surface area contributed by atoms with Crippen LogP contribution in [0.2, 0.25) is 0 Å². The van der Waals surface area contributed by atoms with Crippen molar-refractivity contribution in [3.8, 4) is 11.8 Å². The van der Waals surface area contributed by atoms with Gasteiger partial charge in [0.15, 0.2) is 17.6 Å². The van der Waals surface area contributed by atoms with Gasteiger partial charge >= 0.3 is 0 Å². The average molecular weight is 345 g/mol. The number of hydrogen-bond acceptors (Lipinski definition) is 5. The Bertz CT molecular complexity index is 948. The minimum absolute atomic E-state index is 0.00436. The standard InChI is InChI=1S/C16H9F2N3O2S/c17-10-5-12(18)15-13(6-10)24-16(21-15)20-14(22)8-23-11-3-1-9(7-19)2-4-11/h1-6H,8H2,(H,20,21,22). The molecule has 1 heterocycles. The number of aromatic nitrogens is 1. The minimum Gasteiger partial charge on any atom is -0.484 e. The Hall–Kier alpha value is -3.05. The summed E-state index contributed by atoms with van der Waals surface area (Å²) < 4.78 is 32.3. The van der Waals surface area contributed by atoms with Gasteiger partial charge in [-0.3, -0.25) is 10.1 Å². The Labute approximate surface area is 139 Å². The van der Waals surface area contributed by atoms with Gasteiger partial charge in [0.05, 0.1) is 16.3 Å². The summed E-state index contributed by atoms with van der Waals surface area (Å²) in [6, 6.07) is 10.1. The number of carbonyl (C=O) groups excluding carboxylic acids is 1. The number of fused-ring (bicyclic) bond motifs is 1. The van der Waals surface area contributed by atoms with E-state index < -0.39 is 17.5 Å². The molecule has 0 radical (unpaired) electrons. The molecule has 3 aromatic rings. The summed E-state index contributed by atoms with van der Waals surface area (Å²) in [4.78, 5) is 15.8. The molecule has 8 heteroatoms. The van der Waals surface area contributed by atoms with Gasteiger partial charge < -0.3 is 4.74 Å². The number of rotatable bonds is 4. The molecule has 0 atom stereocenters. The molecular weight excluding hydrogens is 336 g/mol. The second-order valence-corrected chi connectivity index (χ2v) is 5.76. The Kier molecular flexibility index (Phi) is 4.35. The lowest BCUT2D eigenvalue weighted by Gasteiger charge is -2.05. The molecule has 0 fully saturated rings. The van der Waals surface area contributed by atoms with E-state index in [2.05, 4.69) is 10.3 Å². The fourth-order valence-electron chi connectivity index (χ4n) is 1.94. The number of nitriles is 1. The van der Waals surface area contributed by atoms with Gasteiger partial charge in [-0.1, -0.05) is 11.3 Å². The normalized spacial score (nSPS) is 10.4. The van der Waals surface area contributed by atoms with E-state index in [0.29, 0.717) is 16.0 Å². The first-order valence-electron chi connectivity index (χ1n) is 6.73. The maximum atomic E-state index is 13.6. The third-order valence-corrected chi connectivity index (χ3v) is 3.93. The molecule has 3 rings (SSSR count). The highest BCUT2D eigenvalue weighted by atomic mass is 32.1. The van der Waals surface area contributed by atoms with Crippen LogP contribution >= 0.6 is 11.3 Å². The molecule has 0 aliphatic heterocycles. The lowest BCUT2D eigenvalue weighted by molar-refractivity contribution is -0.118. The lowest BCUT2D eigenvalue weighted by Crippen LogP contribution is -2.20. The quantitative estimate of drug-likeness (QED) is 0.786. The number of carbonyl (C=O) groups is 1. The van der Waals surface area contributed by atoms with Crippen molar-refractivity contribution in [2.24, 2.45) is 0 Å². The first kappa shape index (κ1) is 15.8. The molecule has 1 amide bonds. The van der Waals surface area contributed by atoms with Crippen molar-refractivity contribution >= 4 is 32.6 Å². The van der Waals surface area contributed by atoms with Gasteiger partial charge in [0, 0.05) is 6.07 Å². The minimum atomic E-state index is -0.782. The SMILES string of the molecule is N#Cc1ccc(OCC(=O)Nc2nc3c(F)cc(F)cc3s2)cc1. The first-order chi connectivity index (χ1) is 11.5. The molecule has 0 bridgehead atoms. The topological polar surface area (TPSA) is 75.0 Å². The summed E-state index contributed by atoms with van der Waals surface area (Å²) in [6.45, 7) is -0.279. The summed E-state index contributed by atoms with van der Waals surface area (Å²) >= 11 is 0.966. The Balaban J connectivity index is 1.64. The number of thiazole rings is 1. The highest BCUT2D eigenvalue weighted by Gasteiger charge is 2.12. The number of halogens is 2. The zero-order chi connectivity index (χ0) is 17.1. The van der Waals surface area contributed by atoms with Gasteiger partial charge in [-0.2, -0.15) is 5.26 Å². The van der Waals surface area contributed by atoms with Crippen LogP contribution in [-0.4, -0.2) is 17.5 Å². The van der Waals surface area contributed by atoms with E-state index in [4.69, 9.17) is 10.00 Å². The average Bonchev–Trinajstić information content (AvgIpc) is 2.96. The van der Waals surface area contributed by atoms with E-state index in [-0.39, 0.29) is 17.3 Å². The van der Waals surface area contributed by atoms with Gasteiger partial charge in [0.25, 0.3) is 5.91 Å². The highest BCUT2D eigenvalue weighted by molar-refractivity contribution is 7.22. The molecule has 5 nitrogen and oxygen atoms in total. The maximum absolute atomic E-state index is 13.6. The van der Waals surface area contributed by atoms with Crippen molar-refractivity contribution in [3.05, 3.63) is 53.6 Å². The van der Waals surface area contributed by atoms with Crippen molar-refractivity contribution in [3.63, 3.8) is 0 Å². The molecular formula is C16H9F2N3O2S. The number of nitrogens with one attached hydrogen (secondary N) is 1. The second-order valence-electron chi connectivity index (χ2n) is 4.73. The van der Waals surface area contributed by atoms with Gasteiger partial charge in [0.2, 0.25) is 0 Å². The number of amides is 1. The van der Waals surface area contributed by atoms with Crippen LogP contribution < -0.4 is 10.1 Å². The molecule has 0 saturated carbocycles. The zero-order valence-corrected chi connectivity index (χ0v) is 12.9. The van der Waals surface area contributed by atoms with Crippen LogP contribution in [0.3, 0.4) is 0 Å². The number of benzene rings is 2. The number of ether oxygens (including phenoxy) is 1. The van der Waals surface area contributed by atoms with Gasteiger partial charge in [-0.05, 0) is 30.3 Å². The molecule has 120 valence electrons. The predicted molar refractivity (Wildman–Crippen MR) is 84.8 cm³/mol. The van der Waals surface area contributed by atoms with Crippen molar-refractivity contribution in [2.45, 2.75) is 0 Å². The summed E-state index contributed by atoms with van der Waals surface area (Å²) in [5.74, 6) is -1.54. The van der Waals surface area contributed by atoms with Gasteiger partial charge in [-0.15, -0.1) is 0 Å². The molecule has 0 aliphatic rings. The molecule has 1 N–H and O–H groups in total. The second kappa shape index (κ2) is 6.60. The molecule has 2 aromatic carbocycles. The molecule has 0 unspecified atom stereocenters. The molecule has 1 aromatic heterocycles. The predicted octanol–water partition coefficient (Wildman–Crippen LogP) is 3.46. The number of nitrogens with zero attached hydrogens (tertiary/aromatic N) is 2. The summed E-state index contributed by atoms with van der Waals surface area (Å²) in [5, 5.41) is 11.3. The van der Waals surface area contributed by atoms with Crippen LogP contribution in [0.1, 0.15) is 5.56 Å². The Morgan fingerprint density at radius 1 is 1.29 bits per heavy atom. The van der Waals surface area contributed by atoms with E-state index in [9.17, 15) is 13.6 Å². The molecule has 24 heavy (non-hydrogen) atoms. The van der Waals surface area contributed by atoms with Crippen LogP contribution in [-0.2, 0) is 4.79 Å². The molecule has 0 saturated heterocycles. The Morgan fingerprint density at radius 3 is 2.75 bits per heavy atom. The fraction of sp³-hybridized carbons (Fsp3) is 0.0625.